The second-order valence-electron chi connectivity index (χ2n) is 4.70. The van der Waals surface area contributed by atoms with E-state index in [4.69, 9.17) is 9.15 Å². The van der Waals surface area contributed by atoms with E-state index in [0.717, 1.165) is 18.9 Å². The van der Waals surface area contributed by atoms with E-state index in [9.17, 15) is 4.79 Å². The number of hydrogen-bond acceptors (Lipinski definition) is 6. The minimum absolute atomic E-state index is 0.318. The zero-order valence-corrected chi connectivity index (χ0v) is 13.2. The first-order chi connectivity index (χ1) is 10.0. The molecule has 2 rings (SSSR count). The second kappa shape index (κ2) is 6.11. The highest BCUT2D eigenvalue weighted by Gasteiger charge is 2.25. The fourth-order valence-corrected chi connectivity index (χ4v) is 2.40. The molecule has 0 saturated carbocycles. The zero-order valence-electron chi connectivity index (χ0n) is 13.2. The molecule has 2 aromatic rings. The maximum atomic E-state index is 12.2. The number of hydrogen-bond donors (Lipinski definition) is 0. The highest BCUT2D eigenvalue weighted by molar-refractivity contribution is 6.07. The topological polar surface area (TPSA) is 68.5 Å². The summed E-state index contributed by atoms with van der Waals surface area (Å²) in [6, 6.07) is 0. The van der Waals surface area contributed by atoms with Crippen molar-refractivity contribution >= 4 is 22.9 Å². The van der Waals surface area contributed by atoms with E-state index >= 15 is 0 Å². The summed E-state index contributed by atoms with van der Waals surface area (Å²) >= 11 is 0. The van der Waals surface area contributed by atoms with Gasteiger partial charge in [0.25, 0.3) is 0 Å². The summed E-state index contributed by atoms with van der Waals surface area (Å²) in [6.07, 6.45) is 0. The Kier molecular flexibility index (Phi) is 4.45. The normalized spacial score (nSPS) is 10.9. The first kappa shape index (κ1) is 15.3. The molecule has 0 unspecified atom stereocenters. The van der Waals surface area contributed by atoms with Gasteiger partial charge >= 0.3 is 5.97 Å². The van der Waals surface area contributed by atoms with Crippen LogP contribution in [0.5, 0.6) is 0 Å². The van der Waals surface area contributed by atoms with Crippen molar-refractivity contribution in [3.05, 3.63) is 17.1 Å². The Morgan fingerprint density at radius 1 is 1.19 bits per heavy atom. The fourth-order valence-electron chi connectivity index (χ4n) is 2.40. The van der Waals surface area contributed by atoms with Gasteiger partial charge in [-0.1, -0.05) is 0 Å². The van der Waals surface area contributed by atoms with Crippen LogP contribution in [0.1, 0.15) is 42.7 Å². The number of nitrogens with zero attached hydrogens (tertiary/aromatic N) is 3. The smallest absolute Gasteiger partial charge is 0.342 e. The van der Waals surface area contributed by atoms with Crippen LogP contribution >= 0.6 is 0 Å². The van der Waals surface area contributed by atoms with E-state index in [1.165, 1.54) is 0 Å². The monoisotopic (exact) mass is 291 g/mol. The molecular formula is C15H21N3O3. The van der Waals surface area contributed by atoms with Gasteiger partial charge in [0.05, 0.1) is 12.0 Å². The number of aromatic nitrogens is 2. The van der Waals surface area contributed by atoms with E-state index in [-0.39, 0.29) is 0 Å². The van der Waals surface area contributed by atoms with Crippen LogP contribution in [0, 0.1) is 13.8 Å². The molecule has 0 spiro atoms. The van der Waals surface area contributed by atoms with Crippen LogP contribution in [0.4, 0.5) is 5.82 Å². The lowest BCUT2D eigenvalue weighted by atomic mass is 10.1. The summed E-state index contributed by atoms with van der Waals surface area (Å²) in [5.41, 5.74) is 0.860. The van der Waals surface area contributed by atoms with Gasteiger partial charge in [-0.05, 0) is 34.6 Å². The molecule has 0 N–H and O–H groups in total. The lowest BCUT2D eigenvalue weighted by Crippen LogP contribution is -2.24. The van der Waals surface area contributed by atoms with Crippen LogP contribution in [0.15, 0.2) is 4.42 Å². The van der Waals surface area contributed by atoms with Crippen molar-refractivity contribution in [3.8, 4) is 0 Å². The van der Waals surface area contributed by atoms with Crippen LogP contribution in [0.25, 0.3) is 11.1 Å². The molecule has 6 nitrogen and oxygen atoms in total. The summed E-state index contributed by atoms with van der Waals surface area (Å²) in [6.45, 7) is 11.3. The average molecular weight is 291 g/mol. The second-order valence-corrected chi connectivity index (χ2v) is 4.70. The summed E-state index contributed by atoms with van der Waals surface area (Å²) in [4.78, 5) is 23.1. The van der Waals surface area contributed by atoms with Gasteiger partial charge in [0.1, 0.15) is 23.0 Å². The summed E-state index contributed by atoms with van der Waals surface area (Å²) in [5.74, 6) is 1.46. The van der Waals surface area contributed by atoms with Gasteiger partial charge in [-0.3, -0.25) is 0 Å². The van der Waals surface area contributed by atoms with Crippen molar-refractivity contribution in [2.75, 3.05) is 24.6 Å². The quantitative estimate of drug-likeness (QED) is 0.789. The average Bonchev–Trinajstić information content (AvgIpc) is 2.76. The van der Waals surface area contributed by atoms with Gasteiger partial charge in [0, 0.05) is 13.1 Å². The van der Waals surface area contributed by atoms with E-state index in [2.05, 4.69) is 14.9 Å². The summed E-state index contributed by atoms with van der Waals surface area (Å²) in [5, 5.41) is 0.639. The molecule has 0 saturated heterocycles. The minimum Gasteiger partial charge on any atom is -0.462 e. The van der Waals surface area contributed by atoms with Crippen LogP contribution in [0.3, 0.4) is 0 Å². The predicted octanol–water partition coefficient (Wildman–Crippen LogP) is 2.86. The lowest BCUT2D eigenvalue weighted by molar-refractivity contribution is 0.0526. The standard InChI is InChI=1S/C15H21N3O3/c1-6-18(7-2)13-12-11(15(19)20-8-3)9(4)21-14(12)17-10(5)16-13/h6-8H2,1-5H3. The van der Waals surface area contributed by atoms with E-state index in [1.54, 1.807) is 13.8 Å². The number of fused-ring (bicyclic) bond motifs is 1. The van der Waals surface area contributed by atoms with Crippen LogP contribution < -0.4 is 4.90 Å². The number of aryl methyl sites for hydroxylation is 2. The summed E-state index contributed by atoms with van der Waals surface area (Å²) in [7, 11) is 0. The van der Waals surface area contributed by atoms with Crippen molar-refractivity contribution in [1.29, 1.82) is 0 Å². The molecule has 0 amide bonds. The lowest BCUT2D eigenvalue weighted by Gasteiger charge is -2.20. The molecule has 0 aliphatic rings. The Morgan fingerprint density at radius 3 is 2.43 bits per heavy atom. The maximum absolute atomic E-state index is 12.2. The minimum atomic E-state index is -0.394. The number of esters is 1. The van der Waals surface area contributed by atoms with Gasteiger partial charge in [-0.2, -0.15) is 4.98 Å². The van der Waals surface area contributed by atoms with Crippen molar-refractivity contribution in [2.24, 2.45) is 0 Å². The third-order valence-electron chi connectivity index (χ3n) is 3.36. The van der Waals surface area contributed by atoms with E-state index < -0.39 is 5.97 Å². The van der Waals surface area contributed by atoms with Crippen molar-refractivity contribution < 1.29 is 13.9 Å². The molecule has 0 aromatic carbocycles. The third-order valence-corrected chi connectivity index (χ3v) is 3.36. The molecular weight excluding hydrogens is 270 g/mol. The molecule has 0 bridgehead atoms. The first-order valence-corrected chi connectivity index (χ1v) is 7.23. The molecule has 0 fully saturated rings. The molecule has 21 heavy (non-hydrogen) atoms. The first-order valence-electron chi connectivity index (χ1n) is 7.23. The van der Waals surface area contributed by atoms with E-state index in [1.807, 2.05) is 20.8 Å². The number of ether oxygens (including phenoxy) is 1. The number of anilines is 1. The Balaban J connectivity index is 2.74. The van der Waals surface area contributed by atoms with Gasteiger partial charge in [0.2, 0.25) is 5.71 Å². The fraction of sp³-hybridized carbons (Fsp3) is 0.533. The highest BCUT2D eigenvalue weighted by atomic mass is 16.5. The largest absolute Gasteiger partial charge is 0.462 e. The van der Waals surface area contributed by atoms with Crippen molar-refractivity contribution in [1.82, 2.24) is 9.97 Å². The summed E-state index contributed by atoms with van der Waals surface area (Å²) < 4.78 is 10.8. The Hall–Kier alpha value is -2.11. The molecule has 114 valence electrons. The Labute approximate surface area is 124 Å². The Morgan fingerprint density at radius 2 is 1.86 bits per heavy atom. The molecule has 0 aliphatic carbocycles. The van der Waals surface area contributed by atoms with Crippen LogP contribution in [-0.2, 0) is 4.74 Å². The van der Waals surface area contributed by atoms with Crippen LogP contribution in [0.2, 0.25) is 0 Å². The number of furan rings is 1. The van der Waals surface area contributed by atoms with Gasteiger partial charge in [0.15, 0.2) is 0 Å². The van der Waals surface area contributed by atoms with Crippen LogP contribution in [-0.4, -0.2) is 35.6 Å². The molecule has 0 aliphatic heterocycles. The van der Waals surface area contributed by atoms with Gasteiger partial charge < -0.3 is 14.1 Å². The molecule has 6 heteroatoms. The predicted molar refractivity (Wildman–Crippen MR) is 80.8 cm³/mol. The maximum Gasteiger partial charge on any atom is 0.342 e. The molecule has 0 atom stereocenters. The highest BCUT2D eigenvalue weighted by Crippen LogP contribution is 2.32. The Bertz CT molecular complexity index is 660. The molecule has 0 radical (unpaired) electrons. The van der Waals surface area contributed by atoms with E-state index in [0.29, 0.717) is 34.9 Å². The molecule has 2 heterocycles. The number of rotatable bonds is 5. The zero-order chi connectivity index (χ0) is 15.6. The van der Waals surface area contributed by atoms with Crippen molar-refractivity contribution in [3.63, 3.8) is 0 Å². The van der Waals surface area contributed by atoms with Gasteiger partial charge in [-0.15, -0.1) is 0 Å². The number of carbonyl (C=O) groups excluding carboxylic acids is 1. The third kappa shape index (κ3) is 2.70. The molecule has 2 aromatic heterocycles. The van der Waals surface area contributed by atoms with Crippen molar-refractivity contribution in [2.45, 2.75) is 34.6 Å². The van der Waals surface area contributed by atoms with Gasteiger partial charge in [-0.25, -0.2) is 9.78 Å². The number of carbonyl (C=O) groups is 1. The SMILES string of the molecule is CCOC(=O)c1c(C)oc2nc(C)nc(N(CC)CC)c12.